The molecule has 0 radical (unpaired) electrons. The van der Waals surface area contributed by atoms with Crippen molar-refractivity contribution in [2.24, 2.45) is 0 Å². The second kappa shape index (κ2) is 8.69. The van der Waals surface area contributed by atoms with Crippen molar-refractivity contribution in [1.29, 1.82) is 0 Å². The van der Waals surface area contributed by atoms with Gasteiger partial charge in [-0.15, -0.1) is 0 Å². The molecule has 0 saturated heterocycles. The zero-order valence-electron chi connectivity index (χ0n) is 14.8. The number of halogens is 2. The van der Waals surface area contributed by atoms with Crippen LogP contribution in [0.4, 0.5) is 10.1 Å². The van der Waals surface area contributed by atoms with Crippen molar-refractivity contribution in [2.75, 3.05) is 12.4 Å². The van der Waals surface area contributed by atoms with Crippen LogP contribution in [0.1, 0.15) is 28.4 Å². The highest BCUT2D eigenvalue weighted by molar-refractivity contribution is 6.30. The molecule has 0 saturated carbocycles. The van der Waals surface area contributed by atoms with Gasteiger partial charge < -0.3 is 10.1 Å². The summed E-state index contributed by atoms with van der Waals surface area (Å²) in [6, 6.07) is 20.1. The average Bonchev–Trinajstić information content (AvgIpc) is 2.70. The second-order valence-corrected chi connectivity index (χ2v) is 6.55. The van der Waals surface area contributed by atoms with E-state index >= 15 is 0 Å². The molecule has 5 heteroatoms. The maximum atomic E-state index is 13.3. The summed E-state index contributed by atoms with van der Waals surface area (Å²) in [4.78, 5) is 12.8. The van der Waals surface area contributed by atoms with Crippen molar-refractivity contribution < 1.29 is 13.9 Å². The van der Waals surface area contributed by atoms with Gasteiger partial charge in [-0.2, -0.15) is 0 Å². The summed E-state index contributed by atoms with van der Waals surface area (Å²) < 4.78 is 18.4. The molecule has 0 spiro atoms. The van der Waals surface area contributed by atoms with Gasteiger partial charge in [-0.25, -0.2) is 4.39 Å². The molecule has 0 aliphatic rings. The molecule has 138 valence electrons. The minimum absolute atomic E-state index is 0.0200. The first-order chi connectivity index (χ1) is 13.0. The molecular formula is C22H19ClFNO2. The molecule has 3 nitrogen and oxygen atoms in total. The molecule has 0 aliphatic carbocycles. The SMILES string of the molecule is COc1ccc(C(=O)CC(Nc2ccc(Cl)cc2)c2ccc(F)cc2)cc1. The fraction of sp³-hybridized carbons (Fsp3) is 0.136. The lowest BCUT2D eigenvalue weighted by atomic mass is 9.97. The van der Waals surface area contributed by atoms with Crippen LogP contribution in [0.5, 0.6) is 5.75 Å². The molecule has 3 aromatic rings. The Hall–Kier alpha value is -2.85. The van der Waals surface area contributed by atoms with Gasteiger partial charge in [0.15, 0.2) is 5.78 Å². The number of carbonyl (C=O) groups is 1. The van der Waals surface area contributed by atoms with Gasteiger partial charge >= 0.3 is 0 Å². The molecule has 0 amide bonds. The third-order valence-electron chi connectivity index (χ3n) is 4.26. The Balaban J connectivity index is 1.82. The first kappa shape index (κ1) is 18.9. The number of ketones is 1. The number of nitrogens with one attached hydrogen (secondary N) is 1. The third kappa shape index (κ3) is 5.08. The van der Waals surface area contributed by atoms with Crippen LogP contribution in [0.25, 0.3) is 0 Å². The quantitative estimate of drug-likeness (QED) is 0.515. The summed E-state index contributed by atoms with van der Waals surface area (Å²) in [5, 5.41) is 3.97. The van der Waals surface area contributed by atoms with Gasteiger partial charge in [0.05, 0.1) is 13.2 Å². The van der Waals surface area contributed by atoms with E-state index in [9.17, 15) is 9.18 Å². The fourth-order valence-corrected chi connectivity index (χ4v) is 2.90. The fourth-order valence-electron chi connectivity index (χ4n) is 2.77. The highest BCUT2D eigenvalue weighted by Crippen LogP contribution is 2.26. The molecule has 0 heterocycles. The Morgan fingerprint density at radius 3 is 2.22 bits per heavy atom. The normalized spacial score (nSPS) is 11.7. The Morgan fingerprint density at radius 1 is 1.00 bits per heavy atom. The van der Waals surface area contributed by atoms with Crippen molar-refractivity contribution in [3.05, 3.63) is 94.8 Å². The number of methoxy groups -OCH3 is 1. The lowest BCUT2D eigenvalue weighted by molar-refractivity contribution is 0.0976. The largest absolute Gasteiger partial charge is 0.497 e. The van der Waals surface area contributed by atoms with E-state index in [4.69, 9.17) is 16.3 Å². The van der Waals surface area contributed by atoms with E-state index in [2.05, 4.69) is 5.32 Å². The van der Waals surface area contributed by atoms with Gasteiger partial charge in [-0.05, 0) is 66.2 Å². The molecule has 0 aliphatic heterocycles. The molecule has 0 fully saturated rings. The summed E-state index contributed by atoms with van der Waals surface area (Å²) in [5.74, 6) is 0.361. The molecule has 0 bridgehead atoms. The first-order valence-corrected chi connectivity index (χ1v) is 8.88. The number of ether oxygens (including phenoxy) is 1. The van der Waals surface area contributed by atoms with E-state index in [1.54, 1.807) is 55.6 Å². The molecule has 3 rings (SSSR count). The number of carbonyl (C=O) groups excluding carboxylic acids is 1. The zero-order chi connectivity index (χ0) is 19.2. The van der Waals surface area contributed by atoms with Gasteiger partial charge in [0, 0.05) is 22.7 Å². The molecule has 1 unspecified atom stereocenters. The van der Waals surface area contributed by atoms with E-state index in [0.29, 0.717) is 16.3 Å². The number of Topliss-reactive ketones (excluding diaryl/α,β-unsaturated/α-hetero) is 1. The van der Waals surface area contributed by atoms with E-state index in [-0.39, 0.29) is 24.1 Å². The number of hydrogen-bond acceptors (Lipinski definition) is 3. The Kier molecular flexibility index (Phi) is 6.09. The Bertz CT molecular complexity index is 893. The van der Waals surface area contributed by atoms with Crippen molar-refractivity contribution >= 4 is 23.1 Å². The molecule has 3 aromatic carbocycles. The van der Waals surface area contributed by atoms with Gasteiger partial charge in [-0.1, -0.05) is 23.7 Å². The lowest BCUT2D eigenvalue weighted by Gasteiger charge is -2.20. The summed E-state index contributed by atoms with van der Waals surface area (Å²) in [6.07, 6.45) is 0.223. The predicted octanol–water partition coefficient (Wildman–Crippen LogP) is 5.91. The van der Waals surface area contributed by atoms with Gasteiger partial charge in [0.2, 0.25) is 0 Å². The molecular weight excluding hydrogens is 365 g/mol. The minimum Gasteiger partial charge on any atom is -0.497 e. The van der Waals surface area contributed by atoms with Crippen LogP contribution in [0.2, 0.25) is 5.02 Å². The highest BCUT2D eigenvalue weighted by Gasteiger charge is 2.18. The third-order valence-corrected chi connectivity index (χ3v) is 4.51. The number of anilines is 1. The maximum Gasteiger partial charge on any atom is 0.165 e. The van der Waals surface area contributed by atoms with E-state index in [1.165, 1.54) is 12.1 Å². The Morgan fingerprint density at radius 2 is 1.63 bits per heavy atom. The number of benzene rings is 3. The lowest BCUT2D eigenvalue weighted by Crippen LogP contribution is -2.16. The van der Waals surface area contributed by atoms with Crippen LogP contribution in [0, 0.1) is 5.82 Å². The molecule has 0 aromatic heterocycles. The van der Waals surface area contributed by atoms with Crippen LogP contribution in [0.3, 0.4) is 0 Å². The minimum atomic E-state index is -0.314. The smallest absolute Gasteiger partial charge is 0.165 e. The van der Waals surface area contributed by atoms with Crippen LogP contribution in [-0.4, -0.2) is 12.9 Å². The van der Waals surface area contributed by atoms with E-state index in [1.807, 2.05) is 12.1 Å². The first-order valence-electron chi connectivity index (χ1n) is 8.50. The number of hydrogen-bond donors (Lipinski definition) is 1. The van der Waals surface area contributed by atoms with Crippen molar-refractivity contribution in [3.8, 4) is 5.75 Å². The topological polar surface area (TPSA) is 38.3 Å². The van der Waals surface area contributed by atoms with Crippen molar-refractivity contribution in [1.82, 2.24) is 0 Å². The van der Waals surface area contributed by atoms with E-state index < -0.39 is 0 Å². The van der Waals surface area contributed by atoms with Gasteiger partial charge in [0.25, 0.3) is 0 Å². The van der Waals surface area contributed by atoms with Gasteiger partial charge in [0.1, 0.15) is 11.6 Å². The molecule has 1 atom stereocenters. The summed E-state index contributed by atoms with van der Waals surface area (Å²) in [5.41, 5.74) is 2.25. The van der Waals surface area contributed by atoms with Crippen LogP contribution < -0.4 is 10.1 Å². The van der Waals surface area contributed by atoms with Crippen LogP contribution in [0.15, 0.2) is 72.8 Å². The van der Waals surface area contributed by atoms with Crippen LogP contribution in [-0.2, 0) is 0 Å². The van der Waals surface area contributed by atoms with Crippen molar-refractivity contribution in [3.63, 3.8) is 0 Å². The summed E-state index contributed by atoms with van der Waals surface area (Å²) in [7, 11) is 1.58. The second-order valence-electron chi connectivity index (χ2n) is 6.11. The molecule has 1 N–H and O–H groups in total. The summed E-state index contributed by atoms with van der Waals surface area (Å²) in [6.45, 7) is 0. The monoisotopic (exact) mass is 383 g/mol. The average molecular weight is 384 g/mol. The summed E-state index contributed by atoms with van der Waals surface area (Å²) >= 11 is 5.94. The van der Waals surface area contributed by atoms with Crippen molar-refractivity contribution in [2.45, 2.75) is 12.5 Å². The van der Waals surface area contributed by atoms with E-state index in [0.717, 1.165) is 11.3 Å². The Labute approximate surface area is 162 Å². The number of rotatable bonds is 7. The predicted molar refractivity (Wildman–Crippen MR) is 106 cm³/mol. The zero-order valence-corrected chi connectivity index (χ0v) is 15.5. The van der Waals surface area contributed by atoms with Crippen LogP contribution >= 0.6 is 11.6 Å². The standard InChI is InChI=1S/C22H19ClFNO2/c1-27-20-12-4-16(5-13-20)22(26)14-21(15-2-8-18(24)9-3-15)25-19-10-6-17(23)7-11-19/h2-13,21,25H,14H2,1H3. The maximum absolute atomic E-state index is 13.3. The van der Waals surface area contributed by atoms with Gasteiger partial charge in [-0.3, -0.25) is 4.79 Å². The highest BCUT2D eigenvalue weighted by atomic mass is 35.5. The molecule has 27 heavy (non-hydrogen) atoms.